The first-order valence-electron chi connectivity index (χ1n) is 10.4. The lowest BCUT2D eigenvalue weighted by atomic mass is 10.0. The number of aryl methyl sites for hydroxylation is 1. The van der Waals surface area contributed by atoms with Gasteiger partial charge in [-0.2, -0.15) is 0 Å². The van der Waals surface area contributed by atoms with Crippen LogP contribution in [0, 0.1) is 0 Å². The molecule has 1 aromatic heterocycles. The number of aromatic amines is 1. The zero-order chi connectivity index (χ0) is 19.6. The summed E-state index contributed by atoms with van der Waals surface area (Å²) in [6.07, 6.45) is 3.98. The fourth-order valence-electron chi connectivity index (χ4n) is 4.29. The number of H-pyrrole nitrogens is 1. The zero-order valence-electron chi connectivity index (χ0n) is 16.4. The van der Waals surface area contributed by atoms with Crippen molar-refractivity contribution in [1.29, 1.82) is 0 Å². The Morgan fingerprint density at radius 1 is 1.10 bits per heavy atom. The molecular weight excluding hydrogens is 366 g/mol. The number of hydrogen-bond donors (Lipinski definition) is 1. The zero-order valence-corrected chi connectivity index (χ0v) is 16.4. The van der Waals surface area contributed by atoms with Gasteiger partial charge in [0.05, 0.1) is 30.3 Å². The van der Waals surface area contributed by atoms with Gasteiger partial charge in [-0.1, -0.05) is 18.2 Å². The standard InChI is InChI=1S/C23H25N3O3/c27-23(11-10-22-24-17-5-1-2-6-18(17)25-22)26-12-3-7-19(26)16-8-9-20-21(15-16)29-14-4-13-28-20/h1-2,5-6,8-9,15,19H,3-4,7,10-14H2,(H,24,25). The number of likely N-dealkylation sites (tertiary alicyclic amines) is 1. The highest BCUT2D eigenvalue weighted by molar-refractivity contribution is 5.78. The van der Waals surface area contributed by atoms with Gasteiger partial charge in [-0.25, -0.2) is 4.98 Å². The van der Waals surface area contributed by atoms with Crippen LogP contribution in [0.2, 0.25) is 0 Å². The minimum absolute atomic E-state index is 0.107. The molecule has 3 heterocycles. The second-order valence-electron chi connectivity index (χ2n) is 7.70. The molecule has 1 atom stereocenters. The van der Waals surface area contributed by atoms with Crippen LogP contribution in [0.15, 0.2) is 42.5 Å². The number of aromatic nitrogens is 2. The summed E-state index contributed by atoms with van der Waals surface area (Å²) in [4.78, 5) is 22.9. The Bertz CT molecular complexity index is 996. The van der Waals surface area contributed by atoms with E-state index in [4.69, 9.17) is 9.47 Å². The molecule has 0 bridgehead atoms. The number of carbonyl (C=O) groups is 1. The van der Waals surface area contributed by atoms with Gasteiger partial charge in [-0.3, -0.25) is 4.79 Å². The van der Waals surface area contributed by atoms with Crippen molar-refractivity contribution in [1.82, 2.24) is 14.9 Å². The normalized spacial score (nSPS) is 18.8. The molecule has 3 aromatic rings. The van der Waals surface area contributed by atoms with Gasteiger partial charge in [-0.05, 0) is 42.7 Å². The van der Waals surface area contributed by atoms with Crippen molar-refractivity contribution in [2.24, 2.45) is 0 Å². The number of nitrogens with one attached hydrogen (secondary N) is 1. The lowest BCUT2D eigenvalue weighted by molar-refractivity contribution is -0.132. The number of nitrogens with zero attached hydrogens (tertiary/aromatic N) is 2. The summed E-state index contributed by atoms with van der Waals surface area (Å²) in [7, 11) is 0. The first kappa shape index (κ1) is 18.0. The number of para-hydroxylation sites is 2. The van der Waals surface area contributed by atoms with Crippen molar-refractivity contribution in [2.75, 3.05) is 19.8 Å². The number of imidazole rings is 1. The maximum Gasteiger partial charge on any atom is 0.223 e. The Morgan fingerprint density at radius 2 is 1.97 bits per heavy atom. The van der Waals surface area contributed by atoms with E-state index in [2.05, 4.69) is 22.1 Å². The molecule has 29 heavy (non-hydrogen) atoms. The topological polar surface area (TPSA) is 67.5 Å². The molecule has 0 spiro atoms. The maximum absolute atomic E-state index is 13.0. The summed E-state index contributed by atoms with van der Waals surface area (Å²) in [5.41, 5.74) is 3.09. The molecule has 6 heteroatoms. The summed E-state index contributed by atoms with van der Waals surface area (Å²) in [6.45, 7) is 2.15. The molecule has 0 radical (unpaired) electrons. The quantitative estimate of drug-likeness (QED) is 0.729. The van der Waals surface area contributed by atoms with E-state index in [-0.39, 0.29) is 11.9 Å². The SMILES string of the molecule is O=C(CCc1nc2ccccc2[nH]1)N1CCCC1c1ccc2c(c1)OCCCO2. The molecule has 1 N–H and O–H groups in total. The van der Waals surface area contributed by atoms with Crippen molar-refractivity contribution in [3.63, 3.8) is 0 Å². The van der Waals surface area contributed by atoms with Crippen LogP contribution in [0.3, 0.4) is 0 Å². The monoisotopic (exact) mass is 391 g/mol. The number of fused-ring (bicyclic) bond motifs is 2. The van der Waals surface area contributed by atoms with Gasteiger partial charge in [0.1, 0.15) is 5.82 Å². The lowest BCUT2D eigenvalue weighted by Gasteiger charge is -2.25. The molecule has 6 nitrogen and oxygen atoms in total. The number of amides is 1. The maximum atomic E-state index is 13.0. The number of carbonyl (C=O) groups excluding carboxylic acids is 1. The van der Waals surface area contributed by atoms with Crippen LogP contribution < -0.4 is 9.47 Å². The van der Waals surface area contributed by atoms with Crippen LogP contribution in [0.5, 0.6) is 11.5 Å². The molecule has 1 amide bonds. The first-order valence-corrected chi connectivity index (χ1v) is 10.4. The van der Waals surface area contributed by atoms with E-state index in [9.17, 15) is 4.79 Å². The molecule has 0 saturated carbocycles. The van der Waals surface area contributed by atoms with E-state index in [1.54, 1.807) is 0 Å². The number of benzene rings is 2. The Hall–Kier alpha value is -3.02. The number of ether oxygens (including phenoxy) is 2. The summed E-state index contributed by atoms with van der Waals surface area (Å²) >= 11 is 0. The summed E-state index contributed by atoms with van der Waals surface area (Å²) in [6, 6.07) is 14.2. The molecule has 1 unspecified atom stereocenters. The Balaban J connectivity index is 1.28. The largest absolute Gasteiger partial charge is 0.490 e. The third-order valence-corrected chi connectivity index (χ3v) is 5.74. The Kier molecular flexibility index (Phi) is 4.84. The fraction of sp³-hybridized carbons (Fsp3) is 0.391. The van der Waals surface area contributed by atoms with Crippen molar-refractivity contribution in [3.05, 3.63) is 53.9 Å². The predicted octanol–water partition coefficient (Wildman–Crippen LogP) is 4.02. The average molecular weight is 391 g/mol. The molecule has 150 valence electrons. The summed E-state index contributed by atoms with van der Waals surface area (Å²) in [5.74, 6) is 2.64. The number of rotatable bonds is 4. The molecule has 0 aliphatic carbocycles. The van der Waals surface area contributed by atoms with Gasteiger partial charge >= 0.3 is 0 Å². The smallest absolute Gasteiger partial charge is 0.223 e. The second kappa shape index (κ2) is 7.78. The minimum Gasteiger partial charge on any atom is -0.490 e. The van der Waals surface area contributed by atoms with E-state index >= 15 is 0 Å². The first-order chi connectivity index (χ1) is 14.3. The van der Waals surface area contributed by atoms with Crippen LogP contribution in [0.1, 0.15) is 43.1 Å². The molecule has 1 fully saturated rings. The Labute approximate surface area is 169 Å². The van der Waals surface area contributed by atoms with Gasteiger partial charge in [0, 0.05) is 25.8 Å². The summed E-state index contributed by atoms with van der Waals surface area (Å²) in [5, 5.41) is 0. The predicted molar refractivity (Wildman–Crippen MR) is 110 cm³/mol. The second-order valence-corrected chi connectivity index (χ2v) is 7.70. The summed E-state index contributed by atoms with van der Waals surface area (Å²) < 4.78 is 11.6. The van der Waals surface area contributed by atoms with Crippen LogP contribution >= 0.6 is 0 Å². The highest BCUT2D eigenvalue weighted by Gasteiger charge is 2.30. The lowest BCUT2D eigenvalue weighted by Crippen LogP contribution is -2.30. The van der Waals surface area contributed by atoms with Gasteiger partial charge in [0.2, 0.25) is 5.91 Å². The fourth-order valence-corrected chi connectivity index (χ4v) is 4.29. The molecule has 2 aromatic carbocycles. The third kappa shape index (κ3) is 3.67. The molecule has 5 rings (SSSR count). The van der Waals surface area contributed by atoms with E-state index in [1.165, 1.54) is 0 Å². The van der Waals surface area contributed by atoms with Crippen LogP contribution in [-0.2, 0) is 11.2 Å². The van der Waals surface area contributed by atoms with Crippen LogP contribution in [0.25, 0.3) is 11.0 Å². The van der Waals surface area contributed by atoms with Gasteiger partial charge < -0.3 is 19.4 Å². The van der Waals surface area contributed by atoms with Gasteiger partial charge in [0.25, 0.3) is 0 Å². The average Bonchev–Trinajstić information content (AvgIpc) is 3.33. The minimum atomic E-state index is 0.107. The van der Waals surface area contributed by atoms with Crippen molar-refractivity contribution < 1.29 is 14.3 Å². The Morgan fingerprint density at radius 3 is 2.86 bits per heavy atom. The molecule has 2 aliphatic heterocycles. The van der Waals surface area contributed by atoms with E-state index in [0.29, 0.717) is 26.1 Å². The molecular formula is C23H25N3O3. The van der Waals surface area contributed by atoms with E-state index in [1.807, 2.05) is 35.2 Å². The van der Waals surface area contributed by atoms with Gasteiger partial charge in [0.15, 0.2) is 11.5 Å². The van der Waals surface area contributed by atoms with Crippen LogP contribution in [-0.4, -0.2) is 40.5 Å². The molecule has 2 aliphatic rings. The van der Waals surface area contributed by atoms with Crippen LogP contribution in [0.4, 0.5) is 0 Å². The van der Waals surface area contributed by atoms with Crippen molar-refractivity contribution in [3.8, 4) is 11.5 Å². The van der Waals surface area contributed by atoms with Crippen molar-refractivity contribution in [2.45, 2.75) is 38.1 Å². The number of hydrogen-bond acceptors (Lipinski definition) is 4. The third-order valence-electron chi connectivity index (χ3n) is 5.74. The van der Waals surface area contributed by atoms with E-state index < -0.39 is 0 Å². The molecule has 1 saturated heterocycles. The van der Waals surface area contributed by atoms with Gasteiger partial charge in [-0.15, -0.1) is 0 Å². The highest BCUT2D eigenvalue weighted by Crippen LogP contribution is 2.38. The van der Waals surface area contributed by atoms with Crippen molar-refractivity contribution >= 4 is 16.9 Å². The highest BCUT2D eigenvalue weighted by atomic mass is 16.5. The van der Waals surface area contributed by atoms with E-state index in [0.717, 1.165) is 59.7 Å².